The van der Waals surface area contributed by atoms with Gasteiger partial charge in [-0.3, -0.25) is 4.68 Å². The number of nitrogens with two attached hydrogens (primary N) is 1. The molecule has 2 N–H and O–H groups in total. The number of ether oxygens (including phenoxy) is 1. The Morgan fingerprint density at radius 2 is 2.24 bits per heavy atom. The summed E-state index contributed by atoms with van der Waals surface area (Å²) >= 11 is 3.56. The highest BCUT2D eigenvalue weighted by atomic mass is 79.9. The maximum atomic E-state index is 6.12. The molecule has 5 heteroatoms. The Hall–Kier alpha value is -0.390. The van der Waals surface area contributed by atoms with Gasteiger partial charge < -0.3 is 10.5 Å². The Bertz CT molecular complexity index is 352. The van der Waals surface area contributed by atoms with Gasteiger partial charge in [-0.2, -0.15) is 5.10 Å². The summed E-state index contributed by atoms with van der Waals surface area (Å²) in [5.74, 6) is 0. The zero-order chi connectivity index (χ0) is 12.8. The van der Waals surface area contributed by atoms with E-state index < -0.39 is 0 Å². The van der Waals surface area contributed by atoms with E-state index in [-0.39, 0.29) is 6.04 Å². The molecule has 1 aromatic rings. The Labute approximate surface area is 112 Å². The van der Waals surface area contributed by atoms with Crippen LogP contribution in [0.4, 0.5) is 0 Å². The third-order valence-electron chi connectivity index (χ3n) is 2.78. The molecule has 1 aromatic heterocycles. The average Bonchev–Trinajstić information content (AvgIpc) is 2.52. The predicted molar refractivity (Wildman–Crippen MR) is 73.1 cm³/mol. The molecule has 0 aliphatic heterocycles. The lowest BCUT2D eigenvalue weighted by Crippen LogP contribution is -2.24. The first-order valence-corrected chi connectivity index (χ1v) is 6.86. The maximum Gasteiger partial charge on any atom is 0.0738 e. The Morgan fingerprint density at radius 3 is 2.76 bits per heavy atom. The minimum Gasteiger partial charge on any atom is -0.382 e. The van der Waals surface area contributed by atoms with Gasteiger partial charge in [0, 0.05) is 32.7 Å². The van der Waals surface area contributed by atoms with Gasteiger partial charge in [0.05, 0.1) is 15.9 Å². The predicted octanol–water partition coefficient (Wildman–Crippen LogP) is 2.18. The lowest BCUT2D eigenvalue weighted by Gasteiger charge is -2.12. The van der Waals surface area contributed by atoms with Crippen LogP contribution in [0.1, 0.15) is 31.2 Å². The molecule has 0 saturated heterocycles. The zero-order valence-corrected chi connectivity index (χ0v) is 12.5. The second-order valence-electron chi connectivity index (χ2n) is 4.27. The van der Waals surface area contributed by atoms with Crippen molar-refractivity contribution in [3.05, 3.63) is 15.9 Å². The quantitative estimate of drug-likeness (QED) is 0.786. The normalized spacial score (nSPS) is 13.0. The molecule has 0 aliphatic rings. The minimum absolute atomic E-state index is 0.168. The van der Waals surface area contributed by atoms with Crippen LogP contribution in [0, 0.1) is 6.92 Å². The average molecular weight is 304 g/mol. The van der Waals surface area contributed by atoms with Crippen molar-refractivity contribution in [1.29, 1.82) is 0 Å². The summed E-state index contributed by atoms with van der Waals surface area (Å²) in [5.41, 5.74) is 8.31. The topological polar surface area (TPSA) is 53.1 Å². The molecule has 17 heavy (non-hydrogen) atoms. The first kappa shape index (κ1) is 14.7. The first-order valence-electron chi connectivity index (χ1n) is 6.07. The molecule has 0 aliphatic carbocycles. The molecular formula is C12H22BrN3O. The smallest absolute Gasteiger partial charge is 0.0738 e. The lowest BCUT2D eigenvalue weighted by molar-refractivity contribution is 0.142. The van der Waals surface area contributed by atoms with Gasteiger partial charge >= 0.3 is 0 Å². The van der Waals surface area contributed by atoms with E-state index in [2.05, 4.69) is 21.0 Å². The molecule has 0 spiro atoms. The highest BCUT2D eigenvalue weighted by Crippen LogP contribution is 2.21. The van der Waals surface area contributed by atoms with Crippen molar-refractivity contribution in [3.63, 3.8) is 0 Å². The molecule has 0 amide bonds. The Morgan fingerprint density at radius 1 is 1.53 bits per heavy atom. The van der Waals surface area contributed by atoms with Crippen molar-refractivity contribution in [3.8, 4) is 0 Å². The molecule has 1 atom stereocenters. The molecule has 0 aromatic carbocycles. The molecule has 0 saturated carbocycles. The fourth-order valence-electron chi connectivity index (χ4n) is 1.84. The van der Waals surface area contributed by atoms with Gasteiger partial charge in [-0.1, -0.05) is 0 Å². The molecule has 0 bridgehead atoms. The largest absolute Gasteiger partial charge is 0.382 e. The van der Waals surface area contributed by atoms with Crippen molar-refractivity contribution >= 4 is 15.9 Å². The monoisotopic (exact) mass is 303 g/mol. The molecular weight excluding hydrogens is 282 g/mol. The van der Waals surface area contributed by atoms with Crippen LogP contribution in [0.3, 0.4) is 0 Å². The lowest BCUT2D eigenvalue weighted by atomic mass is 10.1. The van der Waals surface area contributed by atoms with Crippen molar-refractivity contribution in [1.82, 2.24) is 9.78 Å². The van der Waals surface area contributed by atoms with Gasteiger partial charge in [0.1, 0.15) is 0 Å². The molecule has 0 radical (unpaired) electrons. The summed E-state index contributed by atoms with van der Waals surface area (Å²) in [7, 11) is 1.96. The second kappa shape index (κ2) is 7.13. The van der Waals surface area contributed by atoms with E-state index in [9.17, 15) is 0 Å². The molecule has 98 valence electrons. The fourth-order valence-corrected chi connectivity index (χ4v) is 2.34. The summed E-state index contributed by atoms with van der Waals surface area (Å²) in [4.78, 5) is 0. The van der Waals surface area contributed by atoms with Crippen LogP contribution in [-0.2, 0) is 18.2 Å². The summed E-state index contributed by atoms with van der Waals surface area (Å²) in [6, 6.07) is 0.168. The number of aryl methyl sites for hydroxylation is 2. The number of halogens is 1. The number of rotatable bonds is 7. The van der Waals surface area contributed by atoms with Gasteiger partial charge in [-0.25, -0.2) is 0 Å². The van der Waals surface area contributed by atoms with Gasteiger partial charge in [0.2, 0.25) is 0 Å². The van der Waals surface area contributed by atoms with Crippen molar-refractivity contribution in [2.24, 2.45) is 12.8 Å². The highest BCUT2D eigenvalue weighted by molar-refractivity contribution is 9.10. The summed E-state index contributed by atoms with van der Waals surface area (Å²) in [6.45, 7) is 5.58. The molecule has 1 rings (SSSR count). The van der Waals surface area contributed by atoms with Crippen LogP contribution in [0.25, 0.3) is 0 Å². The Kier molecular flexibility index (Phi) is 6.16. The van der Waals surface area contributed by atoms with E-state index in [0.29, 0.717) is 0 Å². The standard InChI is InChI=1S/C12H22BrN3O/c1-4-17-7-5-6-10(14)8-11-12(13)9(2)15-16(11)3/h10H,4-8,14H2,1-3H3. The molecule has 0 fully saturated rings. The number of nitrogens with zero attached hydrogens (tertiary/aromatic N) is 2. The number of hydrogen-bond donors (Lipinski definition) is 1. The van der Waals surface area contributed by atoms with E-state index in [1.54, 1.807) is 0 Å². The van der Waals surface area contributed by atoms with Gasteiger partial charge in [0.15, 0.2) is 0 Å². The van der Waals surface area contributed by atoms with E-state index in [0.717, 1.165) is 42.6 Å². The van der Waals surface area contributed by atoms with Crippen LogP contribution >= 0.6 is 15.9 Å². The van der Waals surface area contributed by atoms with Crippen molar-refractivity contribution < 1.29 is 4.74 Å². The second-order valence-corrected chi connectivity index (χ2v) is 5.07. The summed E-state index contributed by atoms with van der Waals surface area (Å²) < 4.78 is 8.29. The van der Waals surface area contributed by atoms with Crippen LogP contribution in [0.2, 0.25) is 0 Å². The summed E-state index contributed by atoms with van der Waals surface area (Å²) in [5, 5.41) is 4.36. The van der Waals surface area contributed by atoms with Gasteiger partial charge in [-0.15, -0.1) is 0 Å². The van der Waals surface area contributed by atoms with E-state index in [1.165, 1.54) is 5.69 Å². The SMILES string of the molecule is CCOCCCC(N)Cc1c(Br)c(C)nn1C. The highest BCUT2D eigenvalue weighted by Gasteiger charge is 2.13. The van der Waals surface area contributed by atoms with E-state index in [1.807, 2.05) is 25.6 Å². The fraction of sp³-hybridized carbons (Fsp3) is 0.750. The molecule has 1 heterocycles. The minimum atomic E-state index is 0.168. The van der Waals surface area contributed by atoms with Crippen LogP contribution < -0.4 is 5.73 Å². The first-order chi connectivity index (χ1) is 8.06. The number of hydrogen-bond acceptors (Lipinski definition) is 3. The third-order valence-corrected chi connectivity index (χ3v) is 3.82. The van der Waals surface area contributed by atoms with Crippen molar-refractivity contribution in [2.45, 2.75) is 39.2 Å². The Balaban J connectivity index is 2.42. The van der Waals surface area contributed by atoms with Crippen LogP contribution in [0.15, 0.2) is 4.47 Å². The molecule has 1 unspecified atom stereocenters. The maximum absolute atomic E-state index is 6.12. The van der Waals surface area contributed by atoms with Gasteiger partial charge in [0.25, 0.3) is 0 Å². The molecule has 4 nitrogen and oxygen atoms in total. The zero-order valence-electron chi connectivity index (χ0n) is 10.9. The van der Waals surface area contributed by atoms with E-state index >= 15 is 0 Å². The third kappa shape index (κ3) is 4.41. The van der Waals surface area contributed by atoms with Crippen molar-refractivity contribution in [2.75, 3.05) is 13.2 Å². The van der Waals surface area contributed by atoms with Gasteiger partial charge in [-0.05, 0) is 42.6 Å². The number of aromatic nitrogens is 2. The van der Waals surface area contributed by atoms with E-state index in [4.69, 9.17) is 10.5 Å². The summed E-state index contributed by atoms with van der Waals surface area (Å²) in [6.07, 6.45) is 2.85. The van der Waals surface area contributed by atoms with Crippen LogP contribution in [0.5, 0.6) is 0 Å². The van der Waals surface area contributed by atoms with Crippen LogP contribution in [-0.4, -0.2) is 29.0 Å².